The van der Waals surface area contributed by atoms with Crippen molar-refractivity contribution in [3.63, 3.8) is 0 Å². The molecule has 1 saturated heterocycles. The number of nitrogens with zero attached hydrogens (tertiary/aromatic N) is 2. The summed E-state index contributed by atoms with van der Waals surface area (Å²) >= 11 is 0. The topological polar surface area (TPSA) is 34.5 Å². The number of rotatable bonds is 4. The van der Waals surface area contributed by atoms with Gasteiger partial charge in [-0.25, -0.2) is 0 Å². The van der Waals surface area contributed by atoms with Gasteiger partial charge in [-0.3, -0.25) is 4.79 Å². The first-order valence-corrected chi connectivity index (χ1v) is 7.71. The van der Waals surface area contributed by atoms with Crippen LogP contribution in [0.3, 0.4) is 0 Å². The fraction of sp³-hybridized carbons (Fsp3) is 0.471. The number of carbonyl (C=O) groups is 1. The molecule has 4 nitrogen and oxygen atoms in total. The predicted molar refractivity (Wildman–Crippen MR) is 83.3 cm³/mol. The smallest absolute Gasteiger partial charge is 0.223 e. The lowest BCUT2D eigenvalue weighted by atomic mass is 10.1. The molecule has 1 aliphatic heterocycles. The third kappa shape index (κ3) is 3.10. The third-order valence-corrected chi connectivity index (χ3v) is 4.17. The van der Waals surface area contributed by atoms with Crippen LogP contribution in [0.25, 0.3) is 10.9 Å². The first-order valence-electron chi connectivity index (χ1n) is 7.71. The normalized spacial score (nSPS) is 15.6. The Morgan fingerprint density at radius 1 is 1.24 bits per heavy atom. The van der Waals surface area contributed by atoms with E-state index in [1.165, 1.54) is 16.5 Å². The number of hydrogen-bond acceptors (Lipinski definition) is 2. The van der Waals surface area contributed by atoms with Crippen LogP contribution in [0.1, 0.15) is 18.9 Å². The van der Waals surface area contributed by atoms with Crippen molar-refractivity contribution < 1.29 is 9.53 Å². The van der Waals surface area contributed by atoms with Gasteiger partial charge in [0.1, 0.15) is 0 Å². The second-order valence-electron chi connectivity index (χ2n) is 5.49. The minimum absolute atomic E-state index is 0.240. The van der Waals surface area contributed by atoms with E-state index in [0.29, 0.717) is 19.6 Å². The van der Waals surface area contributed by atoms with Crippen LogP contribution < -0.4 is 0 Å². The molecule has 2 aromatic rings. The van der Waals surface area contributed by atoms with Crippen LogP contribution in [0.2, 0.25) is 0 Å². The molecule has 0 unspecified atom stereocenters. The molecule has 112 valence electrons. The summed E-state index contributed by atoms with van der Waals surface area (Å²) in [6, 6.07) is 8.65. The second kappa shape index (κ2) is 6.31. The molecule has 0 spiro atoms. The summed E-state index contributed by atoms with van der Waals surface area (Å²) in [5.74, 6) is 0.240. The van der Waals surface area contributed by atoms with E-state index in [1.54, 1.807) is 0 Å². The van der Waals surface area contributed by atoms with Gasteiger partial charge < -0.3 is 14.2 Å². The lowest BCUT2D eigenvalue weighted by molar-refractivity contribution is -0.135. The standard InChI is InChI=1S/C17H22N2O2/c1-2-18-8-7-15-13-14(3-5-16(15)18)4-6-17(20)19-9-11-21-12-10-19/h3,5,7-8,13H,2,4,6,9-12H2,1H3. The number of ether oxygens (including phenoxy) is 1. The second-order valence-corrected chi connectivity index (χ2v) is 5.49. The number of aryl methyl sites for hydroxylation is 2. The van der Waals surface area contributed by atoms with Crippen molar-refractivity contribution in [1.29, 1.82) is 0 Å². The van der Waals surface area contributed by atoms with Gasteiger partial charge in [0.15, 0.2) is 0 Å². The number of fused-ring (bicyclic) bond motifs is 1. The van der Waals surface area contributed by atoms with Gasteiger partial charge in [0.25, 0.3) is 0 Å². The van der Waals surface area contributed by atoms with E-state index in [0.717, 1.165) is 26.1 Å². The SMILES string of the molecule is CCn1ccc2cc(CCC(=O)N3CCOCC3)ccc21. The van der Waals surface area contributed by atoms with Crippen molar-refractivity contribution >= 4 is 16.8 Å². The molecule has 1 aromatic carbocycles. The number of amides is 1. The molecule has 0 aliphatic carbocycles. The largest absolute Gasteiger partial charge is 0.378 e. The molecule has 1 aliphatic rings. The van der Waals surface area contributed by atoms with Crippen LogP contribution in [-0.4, -0.2) is 41.7 Å². The number of benzene rings is 1. The number of morpholine rings is 1. The molecule has 1 amide bonds. The molecule has 0 N–H and O–H groups in total. The van der Waals surface area contributed by atoms with E-state index in [2.05, 4.69) is 42.0 Å². The maximum Gasteiger partial charge on any atom is 0.223 e. The molecule has 1 fully saturated rings. The maximum atomic E-state index is 12.2. The zero-order chi connectivity index (χ0) is 14.7. The Bertz CT molecular complexity index is 627. The molecule has 0 saturated carbocycles. The lowest BCUT2D eigenvalue weighted by Gasteiger charge is -2.26. The Morgan fingerprint density at radius 2 is 2.05 bits per heavy atom. The summed E-state index contributed by atoms with van der Waals surface area (Å²) in [6.45, 7) is 5.94. The molecule has 0 atom stereocenters. The van der Waals surface area contributed by atoms with Gasteiger partial charge in [-0.05, 0) is 42.5 Å². The quantitative estimate of drug-likeness (QED) is 0.865. The average molecular weight is 286 g/mol. The first kappa shape index (κ1) is 14.1. The Hall–Kier alpha value is -1.81. The summed E-state index contributed by atoms with van der Waals surface area (Å²) in [4.78, 5) is 14.1. The fourth-order valence-electron chi connectivity index (χ4n) is 2.90. The fourth-order valence-corrected chi connectivity index (χ4v) is 2.90. The molecule has 21 heavy (non-hydrogen) atoms. The number of hydrogen-bond donors (Lipinski definition) is 0. The van der Waals surface area contributed by atoms with E-state index in [9.17, 15) is 4.79 Å². The monoisotopic (exact) mass is 286 g/mol. The van der Waals surface area contributed by atoms with Crippen LogP contribution in [0, 0.1) is 0 Å². The Labute approximate surface area is 125 Å². The van der Waals surface area contributed by atoms with Crippen molar-refractivity contribution in [3.8, 4) is 0 Å². The van der Waals surface area contributed by atoms with E-state index >= 15 is 0 Å². The Morgan fingerprint density at radius 3 is 2.81 bits per heavy atom. The summed E-state index contributed by atoms with van der Waals surface area (Å²) in [7, 11) is 0. The predicted octanol–water partition coefficient (Wildman–Crippen LogP) is 2.45. The zero-order valence-electron chi connectivity index (χ0n) is 12.5. The van der Waals surface area contributed by atoms with Gasteiger partial charge in [-0.1, -0.05) is 6.07 Å². The highest BCUT2D eigenvalue weighted by Crippen LogP contribution is 2.19. The minimum Gasteiger partial charge on any atom is -0.378 e. The van der Waals surface area contributed by atoms with Crippen molar-refractivity contribution in [2.75, 3.05) is 26.3 Å². The summed E-state index contributed by atoms with van der Waals surface area (Å²) in [6.07, 6.45) is 3.51. The van der Waals surface area contributed by atoms with Crippen molar-refractivity contribution in [3.05, 3.63) is 36.0 Å². The lowest BCUT2D eigenvalue weighted by Crippen LogP contribution is -2.40. The van der Waals surface area contributed by atoms with Gasteiger partial charge in [0.2, 0.25) is 5.91 Å². The number of carbonyl (C=O) groups excluding carboxylic acids is 1. The van der Waals surface area contributed by atoms with Gasteiger partial charge >= 0.3 is 0 Å². The van der Waals surface area contributed by atoms with E-state index in [4.69, 9.17) is 4.74 Å². The van der Waals surface area contributed by atoms with Gasteiger partial charge in [-0.15, -0.1) is 0 Å². The highest BCUT2D eigenvalue weighted by Gasteiger charge is 2.16. The summed E-state index contributed by atoms with van der Waals surface area (Å²) in [5, 5.41) is 1.26. The zero-order valence-corrected chi connectivity index (χ0v) is 12.5. The molecule has 2 heterocycles. The minimum atomic E-state index is 0.240. The van der Waals surface area contributed by atoms with Gasteiger partial charge in [0.05, 0.1) is 13.2 Å². The molecule has 1 aromatic heterocycles. The number of aromatic nitrogens is 1. The maximum absolute atomic E-state index is 12.2. The van der Waals surface area contributed by atoms with Gasteiger partial charge in [-0.2, -0.15) is 0 Å². The molecule has 0 bridgehead atoms. The van der Waals surface area contributed by atoms with Crippen molar-refractivity contribution in [1.82, 2.24) is 9.47 Å². The molecular weight excluding hydrogens is 264 g/mol. The first-order chi connectivity index (χ1) is 10.3. The van der Waals surface area contributed by atoms with Crippen LogP contribution in [0.5, 0.6) is 0 Å². The Kier molecular flexibility index (Phi) is 4.25. The summed E-state index contributed by atoms with van der Waals surface area (Å²) < 4.78 is 7.51. The van der Waals surface area contributed by atoms with Crippen molar-refractivity contribution in [2.45, 2.75) is 26.3 Å². The molecule has 3 rings (SSSR count). The highest BCUT2D eigenvalue weighted by molar-refractivity contribution is 5.81. The van der Waals surface area contributed by atoms with E-state index in [-0.39, 0.29) is 5.91 Å². The highest BCUT2D eigenvalue weighted by atomic mass is 16.5. The average Bonchev–Trinajstić information content (AvgIpc) is 2.95. The van der Waals surface area contributed by atoms with Crippen LogP contribution in [0.15, 0.2) is 30.5 Å². The van der Waals surface area contributed by atoms with E-state index in [1.807, 2.05) is 4.90 Å². The van der Waals surface area contributed by atoms with E-state index < -0.39 is 0 Å². The van der Waals surface area contributed by atoms with Crippen LogP contribution in [0.4, 0.5) is 0 Å². The summed E-state index contributed by atoms with van der Waals surface area (Å²) in [5.41, 5.74) is 2.50. The molecule has 4 heteroatoms. The third-order valence-electron chi connectivity index (χ3n) is 4.17. The van der Waals surface area contributed by atoms with Crippen molar-refractivity contribution in [2.24, 2.45) is 0 Å². The van der Waals surface area contributed by atoms with Crippen LogP contribution >= 0.6 is 0 Å². The van der Waals surface area contributed by atoms with Gasteiger partial charge in [0, 0.05) is 37.8 Å². The molecule has 0 radical (unpaired) electrons. The Balaban J connectivity index is 1.63. The molecular formula is C17H22N2O2. The van der Waals surface area contributed by atoms with Crippen LogP contribution in [-0.2, 0) is 22.5 Å².